The normalized spacial score (nSPS) is 17.6. The van der Waals surface area contributed by atoms with Gasteiger partial charge in [0.2, 0.25) is 18.6 Å². The second-order valence-electron chi connectivity index (χ2n) is 6.50. The summed E-state index contributed by atoms with van der Waals surface area (Å²) < 4.78 is 21.2. The van der Waals surface area contributed by atoms with Crippen molar-refractivity contribution in [1.29, 1.82) is 0 Å². The van der Waals surface area contributed by atoms with E-state index in [1.54, 1.807) is 48.4 Å². The number of fused-ring (bicyclic) bond motifs is 1. The lowest BCUT2D eigenvalue weighted by Gasteiger charge is -2.20. The number of hydrogen-bond acceptors (Lipinski definition) is 6. The third-order valence-electron chi connectivity index (χ3n) is 4.81. The van der Waals surface area contributed by atoms with Crippen molar-refractivity contribution < 1.29 is 28.5 Å². The van der Waals surface area contributed by atoms with E-state index in [9.17, 15) is 9.59 Å². The molecule has 1 N–H and O–H groups in total. The van der Waals surface area contributed by atoms with Gasteiger partial charge in [0, 0.05) is 30.8 Å². The summed E-state index contributed by atoms with van der Waals surface area (Å²) >= 11 is 0. The van der Waals surface area contributed by atoms with Crippen molar-refractivity contribution in [2.24, 2.45) is 5.92 Å². The molecule has 2 heterocycles. The van der Waals surface area contributed by atoms with Crippen LogP contribution in [0.3, 0.4) is 0 Å². The number of hydrogen-bond donors (Lipinski definition) is 1. The Labute approximate surface area is 161 Å². The number of anilines is 2. The molecular formula is C20H20N2O6. The van der Waals surface area contributed by atoms with E-state index in [0.717, 1.165) is 0 Å². The van der Waals surface area contributed by atoms with E-state index in [1.165, 1.54) is 7.11 Å². The first kappa shape index (κ1) is 18.0. The minimum Gasteiger partial charge on any atom is -0.497 e. The van der Waals surface area contributed by atoms with Gasteiger partial charge in [-0.1, -0.05) is 0 Å². The number of benzene rings is 2. The van der Waals surface area contributed by atoms with Crippen molar-refractivity contribution in [2.45, 2.75) is 6.42 Å². The highest BCUT2D eigenvalue weighted by Gasteiger charge is 2.36. The zero-order valence-electron chi connectivity index (χ0n) is 15.6. The van der Waals surface area contributed by atoms with Gasteiger partial charge in [-0.25, -0.2) is 0 Å². The highest BCUT2D eigenvalue weighted by molar-refractivity contribution is 6.04. The van der Waals surface area contributed by atoms with E-state index in [1.807, 2.05) is 0 Å². The van der Waals surface area contributed by atoms with Crippen LogP contribution >= 0.6 is 0 Å². The fourth-order valence-electron chi connectivity index (χ4n) is 3.34. The monoisotopic (exact) mass is 384 g/mol. The Hall–Kier alpha value is -3.42. The number of methoxy groups -OCH3 is 2. The van der Waals surface area contributed by atoms with E-state index in [4.69, 9.17) is 18.9 Å². The predicted molar refractivity (Wildman–Crippen MR) is 101 cm³/mol. The second-order valence-corrected chi connectivity index (χ2v) is 6.50. The van der Waals surface area contributed by atoms with Crippen LogP contribution in [0.25, 0.3) is 0 Å². The number of nitrogens with zero attached hydrogens (tertiary/aromatic N) is 1. The van der Waals surface area contributed by atoms with Gasteiger partial charge in [0.05, 0.1) is 25.8 Å². The Morgan fingerprint density at radius 1 is 1.11 bits per heavy atom. The van der Waals surface area contributed by atoms with E-state index < -0.39 is 5.92 Å². The lowest BCUT2D eigenvalue weighted by Crippen LogP contribution is -2.28. The van der Waals surface area contributed by atoms with E-state index in [0.29, 0.717) is 34.4 Å². The third kappa shape index (κ3) is 3.28. The predicted octanol–water partition coefficient (Wildman–Crippen LogP) is 2.42. The summed E-state index contributed by atoms with van der Waals surface area (Å²) in [6, 6.07) is 10.4. The summed E-state index contributed by atoms with van der Waals surface area (Å²) in [6.45, 7) is 0.445. The smallest absolute Gasteiger partial charge is 0.231 e. The van der Waals surface area contributed by atoms with Crippen LogP contribution < -0.4 is 29.2 Å². The van der Waals surface area contributed by atoms with Crippen LogP contribution in [0.1, 0.15) is 6.42 Å². The van der Waals surface area contributed by atoms with Crippen molar-refractivity contribution in [2.75, 3.05) is 37.8 Å². The largest absolute Gasteiger partial charge is 0.497 e. The summed E-state index contributed by atoms with van der Waals surface area (Å²) in [5, 5.41) is 2.85. The van der Waals surface area contributed by atoms with Gasteiger partial charge >= 0.3 is 0 Å². The zero-order valence-corrected chi connectivity index (χ0v) is 15.6. The summed E-state index contributed by atoms with van der Waals surface area (Å²) in [6.07, 6.45) is 0.131. The summed E-state index contributed by atoms with van der Waals surface area (Å²) in [4.78, 5) is 26.8. The number of nitrogens with one attached hydrogen (secondary N) is 1. The van der Waals surface area contributed by atoms with Crippen LogP contribution in [-0.4, -0.2) is 39.4 Å². The topological polar surface area (TPSA) is 86.3 Å². The highest BCUT2D eigenvalue weighted by atomic mass is 16.7. The molecule has 2 aliphatic heterocycles. The van der Waals surface area contributed by atoms with Crippen molar-refractivity contribution in [3.63, 3.8) is 0 Å². The molecule has 0 bridgehead atoms. The maximum Gasteiger partial charge on any atom is 0.231 e. The molecule has 2 amide bonds. The van der Waals surface area contributed by atoms with Crippen LogP contribution in [0.2, 0.25) is 0 Å². The molecule has 28 heavy (non-hydrogen) atoms. The molecule has 2 aromatic rings. The summed E-state index contributed by atoms with van der Waals surface area (Å²) in [5.41, 5.74) is 1.22. The Balaban J connectivity index is 1.48. The van der Waals surface area contributed by atoms with Crippen LogP contribution in [0.4, 0.5) is 11.4 Å². The average Bonchev–Trinajstić information content (AvgIpc) is 3.33. The van der Waals surface area contributed by atoms with Crippen LogP contribution in [0.5, 0.6) is 23.0 Å². The Kier molecular flexibility index (Phi) is 4.68. The van der Waals surface area contributed by atoms with Gasteiger partial charge in [-0.05, 0) is 24.3 Å². The lowest BCUT2D eigenvalue weighted by atomic mass is 10.1. The van der Waals surface area contributed by atoms with E-state index in [2.05, 4.69) is 5.32 Å². The second kappa shape index (κ2) is 7.30. The molecule has 4 rings (SSSR count). The Morgan fingerprint density at radius 2 is 1.93 bits per heavy atom. The minimum atomic E-state index is -0.468. The van der Waals surface area contributed by atoms with Gasteiger partial charge in [0.15, 0.2) is 11.5 Å². The molecule has 1 atom stereocenters. The number of rotatable bonds is 5. The SMILES string of the molecule is COc1ccc(N2C[C@@H](C(=O)Nc3ccc4c(c3)OCO4)CC2=O)c(OC)c1. The third-order valence-corrected chi connectivity index (χ3v) is 4.81. The Morgan fingerprint density at radius 3 is 2.71 bits per heavy atom. The van der Waals surface area contributed by atoms with Crippen molar-refractivity contribution in [1.82, 2.24) is 0 Å². The molecule has 0 aromatic heterocycles. The molecule has 8 heteroatoms. The first-order valence-corrected chi connectivity index (χ1v) is 8.82. The maximum absolute atomic E-state index is 12.7. The molecule has 0 saturated carbocycles. The molecule has 8 nitrogen and oxygen atoms in total. The minimum absolute atomic E-state index is 0.130. The molecule has 0 aliphatic carbocycles. The number of carbonyl (C=O) groups is 2. The molecule has 2 aromatic carbocycles. The van der Waals surface area contributed by atoms with Crippen LogP contribution in [0, 0.1) is 5.92 Å². The fraction of sp³-hybridized carbons (Fsp3) is 0.300. The molecule has 0 radical (unpaired) electrons. The Bertz CT molecular complexity index is 929. The quantitative estimate of drug-likeness (QED) is 0.852. The van der Waals surface area contributed by atoms with Gasteiger partial charge in [0.1, 0.15) is 11.5 Å². The summed E-state index contributed by atoms with van der Waals surface area (Å²) in [5.74, 6) is 1.56. The standard InChI is InChI=1S/C20H20N2O6/c1-25-14-4-5-15(17(9-14)26-2)22-10-12(7-19(22)23)20(24)21-13-3-6-16-18(8-13)28-11-27-16/h3-6,8-9,12H,7,10-11H2,1-2H3,(H,21,24)/t12-/m0/s1. The van der Waals surface area contributed by atoms with E-state index >= 15 is 0 Å². The van der Waals surface area contributed by atoms with Crippen molar-refractivity contribution >= 4 is 23.2 Å². The number of ether oxygens (including phenoxy) is 4. The van der Waals surface area contributed by atoms with Gasteiger partial charge < -0.3 is 29.2 Å². The first-order chi connectivity index (χ1) is 13.6. The maximum atomic E-state index is 12.7. The molecule has 0 spiro atoms. The van der Waals surface area contributed by atoms with Crippen molar-refractivity contribution in [3.05, 3.63) is 36.4 Å². The first-order valence-electron chi connectivity index (χ1n) is 8.82. The van der Waals surface area contributed by atoms with Crippen molar-refractivity contribution in [3.8, 4) is 23.0 Å². The average molecular weight is 384 g/mol. The highest BCUT2D eigenvalue weighted by Crippen LogP contribution is 2.37. The molecule has 1 saturated heterocycles. The zero-order chi connectivity index (χ0) is 19.7. The lowest BCUT2D eigenvalue weighted by molar-refractivity contribution is -0.122. The molecule has 0 unspecified atom stereocenters. The van der Waals surface area contributed by atoms with Gasteiger partial charge in [-0.2, -0.15) is 0 Å². The number of amides is 2. The number of carbonyl (C=O) groups excluding carboxylic acids is 2. The van der Waals surface area contributed by atoms with Crippen LogP contribution in [-0.2, 0) is 9.59 Å². The fourth-order valence-corrected chi connectivity index (χ4v) is 3.34. The molecule has 2 aliphatic rings. The van der Waals surface area contributed by atoms with Gasteiger partial charge in [-0.15, -0.1) is 0 Å². The van der Waals surface area contributed by atoms with Gasteiger partial charge in [-0.3, -0.25) is 9.59 Å². The van der Waals surface area contributed by atoms with E-state index in [-0.39, 0.29) is 31.6 Å². The molecular weight excluding hydrogens is 364 g/mol. The molecule has 146 valence electrons. The molecule has 1 fully saturated rings. The summed E-state index contributed by atoms with van der Waals surface area (Å²) in [7, 11) is 3.09. The van der Waals surface area contributed by atoms with Gasteiger partial charge in [0.25, 0.3) is 0 Å². The van der Waals surface area contributed by atoms with Crippen LogP contribution in [0.15, 0.2) is 36.4 Å².